The Labute approximate surface area is 114 Å². The van der Waals surface area contributed by atoms with E-state index in [9.17, 15) is 9.59 Å². The van der Waals surface area contributed by atoms with Gasteiger partial charge in [0.2, 0.25) is 5.91 Å². The summed E-state index contributed by atoms with van der Waals surface area (Å²) in [6.45, 7) is 4.40. The number of nitrogens with zero attached hydrogens (tertiary/aromatic N) is 2. The minimum Gasteiger partial charge on any atom is -0.480 e. The molecule has 1 N–H and O–H groups in total. The molecular weight excluding hydrogens is 244 g/mol. The number of carbonyl (C=O) groups is 2. The second-order valence-electron chi connectivity index (χ2n) is 5.71. The molecule has 1 aliphatic carbocycles. The maximum Gasteiger partial charge on any atom is 0.320 e. The lowest BCUT2D eigenvalue weighted by atomic mass is 9.88. The number of amides is 1. The number of aliphatic carboxylic acids is 1. The molecule has 2 fully saturated rings. The number of piperazine rings is 1. The first-order valence-electron chi connectivity index (χ1n) is 7.35. The van der Waals surface area contributed by atoms with Crippen LogP contribution in [0.5, 0.6) is 0 Å². The molecule has 5 heteroatoms. The van der Waals surface area contributed by atoms with E-state index in [-0.39, 0.29) is 5.92 Å². The lowest BCUT2D eigenvalue weighted by Gasteiger charge is -2.38. The van der Waals surface area contributed by atoms with Crippen molar-refractivity contribution in [2.24, 2.45) is 5.92 Å². The van der Waals surface area contributed by atoms with Gasteiger partial charge in [0.15, 0.2) is 0 Å². The zero-order valence-electron chi connectivity index (χ0n) is 11.7. The second kappa shape index (κ2) is 6.37. The summed E-state index contributed by atoms with van der Waals surface area (Å²) in [6.07, 6.45) is 5.67. The zero-order chi connectivity index (χ0) is 13.8. The van der Waals surface area contributed by atoms with Crippen molar-refractivity contribution < 1.29 is 14.7 Å². The molecule has 19 heavy (non-hydrogen) atoms. The van der Waals surface area contributed by atoms with Gasteiger partial charge in [-0.2, -0.15) is 0 Å². The van der Waals surface area contributed by atoms with Crippen molar-refractivity contribution in [3.63, 3.8) is 0 Å². The van der Waals surface area contributed by atoms with Crippen LogP contribution < -0.4 is 0 Å². The molecule has 0 aromatic rings. The van der Waals surface area contributed by atoms with E-state index in [1.807, 2.05) is 9.80 Å². The Morgan fingerprint density at radius 3 is 2.16 bits per heavy atom. The molecule has 1 saturated carbocycles. The predicted octanol–water partition coefficient (Wildman–Crippen LogP) is 1.18. The van der Waals surface area contributed by atoms with E-state index in [1.54, 1.807) is 6.92 Å². The first-order valence-corrected chi connectivity index (χ1v) is 7.35. The van der Waals surface area contributed by atoms with Crippen molar-refractivity contribution in [2.45, 2.75) is 45.1 Å². The third-order valence-electron chi connectivity index (χ3n) is 4.49. The third kappa shape index (κ3) is 3.47. The predicted molar refractivity (Wildman–Crippen MR) is 71.8 cm³/mol. The Morgan fingerprint density at radius 2 is 1.63 bits per heavy atom. The molecule has 1 heterocycles. The van der Waals surface area contributed by atoms with Crippen molar-refractivity contribution in [3.05, 3.63) is 0 Å². The Balaban J connectivity index is 1.82. The molecule has 1 unspecified atom stereocenters. The summed E-state index contributed by atoms with van der Waals surface area (Å²) in [5, 5.41) is 8.99. The first kappa shape index (κ1) is 14.3. The molecule has 0 aromatic carbocycles. The smallest absolute Gasteiger partial charge is 0.320 e. The summed E-state index contributed by atoms with van der Waals surface area (Å²) in [7, 11) is 0. The quantitative estimate of drug-likeness (QED) is 0.835. The largest absolute Gasteiger partial charge is 0.480 e. The van der Waals surface area contributed by atoms with Crippen LogP contribution in [0.4, 0.5) is 0 Å². The molecule has 1 saturated heterocycles. The standard InChI is InChI=1S/C14H24N2O3/c1-11(14(18)19)15-7-9-16(10-8-15)13(17)12-5-3-2-4-6-12/h11-12H,2-10H2,1H3,(H,18,19). The number of rotatable bonds is 3. The van der Waals surface area contributed by atoms with Crippen molar-refractivity contribution >= 4 is 11.9 Å². The molecular formula is C14H24N2O3. The molecule has 5 nitrogen and oxygen atoms in total. The van der Waals surface area contributed by atoms with Crippen LogP contribution in [0.25, 0.3) is 0 Å². The molecule has 0 bridgehead atoms. The van der Waals surface area contributed by atoms with Crippen molar-refractivity contribution in [3.8, 4) is 0 Å². The van der Waals surface area contributed by atoms with Crippen LogP contribution in [0.1, 0.15) is 39.0 Å². The van der Waals surface area contributed by atoms with Gasteiger partial charge in [-0.05, 0) is 19.8 Å². The van der Waals surface area contributed by atoms with E-state index in [2.05, 4.69) is 0 Å². The fourth-order valence-corrected chi connectivity index (χ4v) is 3.09. The number of carboxylic acid groups (broad SMARTS) is 1. The van der Waals surface area contributed by atoms with Crippen molar-refractivity contribution in [2.75, 3.05) is 26.2 Å². The lowest BCUT2D eigenvalue weighted by molar-refractivity contribution is -0.144. The fraction of sp³-hybridized carbons (Fsp3) is 0.857. The van der Waals surface area contributed by atoms with Gasteiger partial charge < -0.3 is 10.0 Å². The molecule has 1 amide bonds. The molecule has 2 rings (SSSR count). The van der Waals surface area contributed by atoms with E-state index in [0.29, 0.717) is 32.1 Å². The molecule has 0 radical (unpaired) electrons. The van der Waals surface area contributed by atoms with Crippen LogP contribution in [0.3, 0.4) is 0 Å². The lowest BCUT2D eigenvalue weighted by Crippen LogP contribution is -2.54. The molecule has 0 aromatic heterocycles. The normalized spacial score (nSPS) is 24.2. The maximum absolute atomic E-state index is 12.4. The van der Waals surface area contributed by atoms with Crippen LogP contribution in [-0.2, 0) is 9.59 Å². The fourth-order valence-electron chi connectivity index (χ4n) is 3.09. The number of carboxylic acids is 1. The van der Waals surface area contributed by atoms with E-state index < -0.39 is 12.0 Å². The monoisotopic (exact) mass is 268 g/mol. The van der Waals surface area contributed by atoms with Gasteiger partial charge in [-0.3, -0.25) is 14.5 Å². The summed E-state index contributed by atoms with van der Waals surface area (Å²) in [6, 6.07) is -0.452. The van der Waals surface area contributed by atoms with Gasteiger partial charge in [0.25, 0.3) is 0 Å². The average molecular weight is 268 g/mol. The Hall–Kier alpha value is -1.10. The summed E-state index contributed by atoms with van der Waals surface area (Å²) in [4.78, 5) is 27.2. The first-order chi connectivity index (χ1) is 9.09. The molecule has 2 aliphatic rings. The van der Waals surface area contributed by atoms with Crippen molar-refractivity contribution in [1.82, 2.24) is 9.80 Å². The van der Waals surface area contributed by atoms with E-state index >= 15 is 0 Å². The van der Waals surface area contributed by atoms with Crippen LogP contribution in [0, 0.1) is 5.92 Å². The van der Waals surface area contributed by atoms with Crippen LogP contribution in [0.2, 0.25) is 0 Å². The van der Waals surface area contributed by atoms with Gasteiger partial charge in [-0.1, -0.05) is 19.3 Å². The topological polar surface area (TPSA) is 60.9 Å². The summed E-state index contributed by atoms with van der Waals surface area (Å²) >= 11 is 0. The molecule has 1 aliphatic heterocycles. The van der Waals surface area contributed by atoms with Crippen LogP contribution in [-0.4, -0.2) is 59.0 Å². The van der Waals surface area contributed by atoms with Crippen LogP contribution >= 0.6 is 0 Å². The minimum absolute atomic E-state index is 0.220. The summed E-state index contributed by atoms with van der Waals surface area (Å²) in [5.41, 5.74) is 0. The van der Waals surface area contributed by atoms with Gasteiger partial charge in [-0.15, -0.1) is 0 Å². The molecule has 108 valence electrons. The number of hydrogen-bond donors (Lipinski definition) is 1. The summed E-state index contributed by atoms with van der Waals surface area (Å²) in [5.74, 6) is -0.272. The second-order valence-corrected chi connectivity index (χ2v) is 5.71. The van der Waals surface area contributed by atoms with Crippen molar-refractivity contribution in [1.29, 1.82) is 0 Å². The zero-order valence-corrected chi connectivity index (χ0v) is 11.7. The molecule has 1 atom stereocenters. The Kier molecular flexibility index (Phi) is 4.80. The number of hydrogen-bond acceptors (Lipinski definition) is 3. The van der Waals surface area contributed by atoms with E-state index in [1.165, 1.54) is 19.3 Å². The highest BCUT2D eigenvalue weighted by Gasteiger charge is 2.30. The van der Waals surface area contributed by atoms with Gasteiger partial charge >= 0.3 is 5.97 Å². The Morgan fingerprint density at radius 1 is 1.05 bits per heavy atom. The maximum atomic E-state index is 12.4. The summed E-state index contributed by atoms with van der Waals surface area (Å²) < 4.78 is 0. The third-order valence-corrected chi connectivity index (χ3v) is 4.49. The highest BCUT2D eigenvalue weighted by Crippen LogP contribution is 2.25. The van der Waals surface area contributed by atoms with Gasteiger partial charge in [-0.25, -0.2) is 0 Å². The highest BCUT2D eigenvalue weighted by molar-refractivity contribution is 5.79. The van der Waals surface area contributed by atoms with Crippen LogP contribution in [0.15, 0.2) is 0 Å². The van der Waals surface area contributed by atoms with E-state index in [4.69, 9.17) is 5.11 Å². The Bertz CT molecular complexity index is 332. The molecule has 0 spiro atoms. The minimum atomic E-state index is -0.785. The average Bonchev–Trinajstić information content (AvgIpc) is 2.46. The van der Waals surface area contributed by atoms with E-state index in [0.717, 1.165) is 12.8 Å². The van der Waals surface area contributed by atoms with Gasteiger partial charge in [0.05, 0.1) is 0 Å². The van der Waals surface area contributed by atoms with Gasteiger partial charge in [0, 0.05) is 32.1 Å². The SMILES string of the molecule is CC(C(=O)O)N1CCN(C(=O)C2CCCCC2)CC1. The highest BCUT2D eigenvalue weighted by atomic mass is 16.4. The number of carbonyl (C=O) groups excluding carboxylic acids is 1. The van der Waals surface area contributed by atoms with Gasteiger partial charge in [0.1, 0.15) is 6.04 Å².